The minimum atomic E-state index is -0.917. The number of hydrogen-bond donors (Lipinski definition) is 0. The molecule has 0 bridgehead atoms. The molecule has 26 heavy (non-hydrogen) atoms. The molecule has 0 aromatic heterocycles. The first-order valence-corrected chi connectivity index (χ1v) is 8.34. The summed E-state index contributed by atoms with van der Waals surface area (Å²) in [5.41, 5.74) is -1.41. The van der Waals surface area contributed by atoms with Gasteiger partial charge in [-0.25, -0.2) is 9.59 Å². The Kier molecular flexibility index (Phi) is 8.16. The van der Waals surface area contributed by atoms with Gasteiger partial charge in [-0.15, -0.1) is 0 Å². The molecule has 146 valence electrons. The van der Waals surface area contributed by atoms with Crippen LogP contribution in [0.1, 0.15) is 75.1 Å². The molecule has 8 nitrogen and oxygen atoms in total. The standard InChI is InChI=1S/C18H26O8/c1-7-17(3,4)23-25-21-15(19)13-11-9-10-12-14(13)16(20)22-26-24-18(5,6)8-2/h9-12H,7-8H2,1-6H3. The summed E-state index contributed by atoms with van der Waals surface area (Å²) in [6.07, 6.45) is 1.28. The highest BCUT2D eigenvalue weighted by Gasteiger charge is 2.24. The van der Waals surface area contributed by atoms with E-state index in [0.717, 1.165) is 0 Å². The monoisotopic (exact) mass is 370 g/mol. The Morgan fingerprint density at radius 1 is 0.769 bits per heavy atom. The van der Waals surface area contributed by atoms with Gasteiger partial charge in [0, 0.05) is 0 Å². The number of benzene rings is 1. The molecule has 1 aromatic rings. The van der Waals surface area contributed by atoms with E-state index in [2.05, 4.69) is 19.9 Å². The Morgan fingerprint density at radius 2 is 1.12 bits per heavy atom. The minimum Gasteiger partial charge on any atom is -0.263 e. The van der Waals surface area contributed by atoms with Crippen LogP contribution >= 0.6 is 0 Å². The fourth-order valence-corrected chi connectivity index (χ4v) is 1.33. The van der Waals surface area contributed by atoms with Crippen molar-refractivity contribution in [1.82, 2.24) is 0 Å². The van der Waals surface area contributed by atoms with Crippen molar-refractivity contribution in [3.05, 3.63) is 35.4 Å². The fourth-order valence-electron chi connectivity index (χ4n) is 1.33. The molecule has 0 aliphatic rings. The molecule has 0 amide bonds. The van der Waals surface area contributed by atoms with Crippen LogP contribution in [0, 0.1) is 0 Å². The molecule has 0 heterocycles. The van der Waals surface area contributed by atoms with Gasteiger partial charge < -0.3 is 0 Å². The smallest absolute Gasteiger partial charge is 0.263 e. The van der Waals surface area contributed by atoms with Crippen molar-refractivity contribution in [1.29, 1.82) is 0 Å². The molecule has 1 aromatic carbocycles. The molecule has 0 radical (unpaired) electrons. The van der Waals surface area contributed by atoms with Gasteiger partial charge in [0.1, 0.15) is 11.2 Å². The number of rotatable bonds is 10. The summed E-state index contributed by atoms with van der Waals surface area (Å²) in [5, 5.41) is 9.05. The minimum absolute atomic E-state index is 0.0752. The van der Waals surface area contributed by atoms with Crippen molar-refractivity contribution in [3.8, 4) is 0 Å². The van der Waals surface area contributed by atoms with E-state index in [1.165, 1.54) is 12.1 Å². The van der Waals surface area contributed by atoms with E-state index in [1.54, 1.807) is 39.8 Å². The maximum atomic E-state index is 12.1. The SMILES string of the molecule is CCC(C)(C)OOOC(=O)c1ccccc1C(=O)OOOC(C)(C)CC. The van der Waals surface area contributed by atoms with Crippen molar-refractivity contribution < 1.29 is 39.2 Å². The molecule has 0 aliphatic heterocycles. The fraction of sp³-hybridized carbons (Fsp3) is 0.556. The molecule has 0 fully saturated rings. The first-order valence-electron chi connectivity index (χ1n) is 8.34. The van der Waals surface area contributed by atoms with Gasteiger partial charge in [0.05, 0.1) is 11.1 Å². The van der Waals surface area contributed by atoms with Crippen LogP contribution < -0.4 is 0 Å². The first-order chi connectivity index (χ1) is 12.1. The predicted molar refractivity (Wildman–Crippen MR) is 90.4 cm³/mol. The van der Waals surface area contributed by atoms with Crippen LogP contribution in [0.2, 0.25) is 0 Å². The average molecular weight is 370 g/mol. The lowest BCUT2D eigenvalue weighted by molar-refractivity contribution is -0.513. The predicted octanol–water partition coefficient (Wildman–Crippen LogP) is 4.10. The molecule has 0 saturated heterocycles. The maximum Gasteiger partial charge on any atom is 0.377 e. The third-order valence-corrected chi connectivity index (χ3v) is 3.81. The molecule has 0 spiro atoms. The second-order valence-electron chi connectivity index (χ2n) is 6.82. The zero-order chi connectivity index (χ0) is 19.8. The number of hydrogen-bond acceptors (Lipinski definition) is 8. The lowest BCUT2D eigenvalue weighted by Crippen LogP contribution is -2.25. The number of carbonyl (C=O) groups is 2. The normalized spacial score (nSPS) is 11.9. The average Bonchev–Trinajstić information content (AvgIpc) is 2.61. The van der Waals surface area contributed by atoms with E-state index in [9.17, 15) is 9.59 Å². The Labute approximate surface area is 153 Å². The van der Waals surface area contributed by atoms with Crippen molar-refractivity contribution in [2.75, 3.05) is 0 Å². The Bertz CT molecular complexity index is 556. The van der Waals surface area contributed by atoms with Crippen LogP contribution in [-0.2, 0) is 29.6 Å². The highest BCUT2D eigenvalue weighted by Crippen LogP contribution is 2.17. The largest absolute Gasteiger partial charge is 0.377 e. The van der Waals surface area contributed by atoms with Gasteiger partial charge in [-0.2, -0.15) is 9.78 Å². The zero-order valence-electron chi connectivity index (χ0n) is 16.0. The summed E-state index contributed by atoms with van der Waals surface area (Å²) < 4.78 is 0. The van der Waals surface area contributed by atoms with E-state index in [-0.39, 0.29) is 11.1 Å². The third-order valence-electron chi connectivity index (χ3n) is 3.81. The molecule has 8 heteroatoms. The highest BCUT2D eigenvalue weighted by atomic mass is 17.5. The summed E-state index contributed by atoms with van der Waals surface area (Å²) in [7, 11) is 0. The van der Waals surface area contributed by atoms with Crippen LogP contribution in [0.25, 0.3) is 0 Å². The Balaban J connectivity index is 2.68. The van der Waals surface area contributed by atoms with Crippen LogP contribution in [0.15, 0.2) is 24.3 Å². The summed E-state index contributed by atoms with van der Waals surface area (Å²) >= 11 is 0. The summed E-state index contributed by atoms with van der Waals surface area (Å²) in [6, 6.07) is 5.87. The third kappa shape index (κ3) is 7.09. The quantitative estimate of drug-likeness (QED) is 0.449. The molecular weight excluding hydrogens is 344 g/mol. The second kappa shape index (κ2) is 9.63. The molecule has 0 aliphatic carbocycles. The highest BCUT2D eigenvalue weighted by molar-refractivity contribution is 6.02. The summed E-state index contributed by atoms with van der Waals surface area (Å²) in [4.78, 5) is 43.4. The molecule has 0 saturated carbocycles. The van der Waals surface area contributed by atoms with Gasteiger partial charge in [0.2, 0.25) is 0 Å². The van der Waals surface area contributed by atoms with Gasteiger partial charge in [-0.3, -0.25) is 9.78 Å². The van der Waals surface area contributed by atoms with Crippen molar-refractivity contribution in [3.63, 3.8) is 0 Å². The van der Waals surface area contributed by atoms with Gasteiger partial charge in [-0.1, -0.05) is 26.0 Å². The van der Waals surface area contributed by atoms with E-state index in [0.29, 0.717) is 12.8 Å². The number of carbonyl (C=O) groups excluding carboxylic acids is 2. The zero-order valence-corrected chi connectivity index (χ0v) is 16.0. The van der Waals surface area contributed by atoms with Gasteiger partial charge in [0.25, 0.3) is 0 Å². The van der Waals surface area contributed by atoms with Crippen LogP contribution in [-0.4, -0.2) is 23.1 Å². The van der Waals surface area contributed by atoms with Crippen LogP contribution in [0.4, 0.5) is 0 Å². The van der Waals surface area contributed by atoms with Crippen LogP contribution in [0.5, 0.6) is 0 Å². The first kappa shape index (κ1) is 22.0. The van der Waals surface area contributed by atoms with Crippen molar-refractivity contribution in [2.24, 2.45) is 0 Å². The summed E-state index contributed by atoms with van der Waals surface area (Å²) in [5.74, 6) is -1.83. The molecule has 0 N–H and O–H groups in total. The molecule has 0 unspecified atom stereocenters. The van der Waals surface area contributed by atoms with Crippen LogP contribution in [0.3, 0.4) is 0 Å². The lowest BCUT2D eigenvalue weighted by atomic mass is 10.1. The summed E-state index contributed by atoms with van der Waals surface area (Å²) in [6.45, 7) is 10.8. The van der Waals surface area contributed by atoms with Gasteiger partial charge >= 0.3 is 11.9 Å². The second-order valence-corrected chi connectivity index (χ2v) is 6.82. The van der Waals surface area contributed by atoms with E-state index < -0.39 is 23.1 Å². The Hall–Kier alpha value is -2.00. The topological polar surface area (TPSA) is 89.5 Å². The molecule has 1 rings (SSSR count). The van der Waals surface area contributed by atoms with E-state index in [4.69, 9.17) is 9.78 Å². The van der Waals surface area contributed by atoms with E-state index >= 15 is 0 Å². The van der Waals surface area contributed by atoms with E-state index in [1.807, 2.05) is 13.8 Å². The molecule has 0 atom stereocenters. The molecular formula is C18H26O8. The Morgan fingerprint density at radius 3 is 1.42 bits per heavy atom. The lowest BCUT2D eigenvalue weighted by Gasteiger charge is -2.20. The van der Waals surface area contributed by atoms with Crippen molar-refractivity contribution >= 4 is 11.9 Å². The maximum absolute atomic E-state index is 12.1. The van der Waals surface area contributed by atoms with Crippen molar-refractivity contribution in [2.45, 2.75) is 65.6 Å². The van der Waals surface area contributed by atoms with Gasteiger partial charge in [-0.05, 0) is 62.7 Å². The van der Waals surface area contributed by atoms with Gasteiger partial charge in [0.15, 0.2) is 0 Å².